The van der Waals surface area contributed by atoms with Crippen LogP contribution in [0.1, 0.15) is 11.1 Å². The summed E-state index contributed by atoms with van der Waals surface area (Å²) in [6.45, 7) is 0. The molecule has 0 unspecified atom stereocenters. The number of anilines is 1. The lowest BCUT2D eigenvalue weighted by molar-refractivity contribution is -0.115. The third-order valence-electron chi connectivity index (χ3n) is 3.72. The van der Waals surface area contributed by atoms with Crippen molar-refractivity contribution in [1.29, 1.82) is 5.26 Å². The zero-order chi connectivity index (χ0) is 16.8. The van der Waals surface area contributed by atoms with Gasteiger partial charge in [-0.05, 0) is 47.5 Å². The maximum Gasteiger partial charge on any atom is 0.228 e. The molecule has 0 atom stereocenters. The van der Waals surface area contributed by atoms with E-state index < -0.39 is 0 Å². The van der Waals surface area contributed by atoms with Gasteiger partial charge in [-0.25, -0.2) is 0 Å². The molecule has 1 heterocycles. The Labute approximate surface area is 141 Å². The number of benzene rings is 2. The Kier molecular flexibility index (Phi) is 4.73. The van der Waals surface area contributed by atoms with E-state index in [9.17, 15) is 4.79 Å². The summed E-state index contributed by atoms with van der Waals surface area (Å²) in [5, 5.41) is 11.5. The lowest BCUT2D eigenvalue weighted by atomic mass is 10.1. The predicted octanol–water partition coefficient (Wildman–Crippen LogP) is 3.72. The third kappa shape index (κ3) is 3.90. The van der Waals surface area contributed by atoms with Gasteiger partial charge in [-0.2, -0.15) is 5.26 Å². The average molecular weight is 315 g/mol. The minimum Gasteiger partial charge on any atom is -0.326 e. The van der Waals surface area contributed by atoms with Gasteiger partial charge in [0.05, 0.1) is 18.9 Å². The van der Waals surface area contributed by atoms with Crippen LogP contribution in [0.2, 0.25) is 0 Å². The minimum absolute atomic E-state index is 0.0586. The van der Waals surface area contributed by atoms with E-state index >= 15 is 0 Å². The minimum atomic E-state index is -0.0586. The van der Waals surface area contributed by atoms with Gasteiger partial charge < -0.3 is 9.88 Å². The number of nitrogens with zero attached hydrogens (tertiary/aromatic N) is 2. The normalized spacial score (nSPS) is 10.1. The van der Waals surface area contributed by atoms with E-state index in [4.69, 9.17) is 5.26 Å². The maximum absolute atomic E-state index is 12.1. The number of hydrogen-bond donors (Lipinski definition) is 1. The first kappa shape index (κ1) is 15.6. The topological polar surface area (TPSA) is 57.8 Å². The first-order chi connectivity index (χ1) is 11.7. The van der Waals surface area contributed by atoms with Gasteiger partial charge >= 0.3 is 0 Å². The molecule has 0 saturated carbocycles. The summed E-state index contributed by atoms with van der Waals surface area (Å²) >= 11 is 0. The van der Waals surface area contributed by atoms with E-state index in [0.717, 1.165) is 22.5 Å². The number of aromatic nitrogens is 1. The first-order valence-electron chi connectivity index (χ1n) is 7.72. The Hall–Kier alpha value is -3.32. The van der Waals surface area contributed by atoms with Crippen LogP contribution in [0, 0.1) is 11.3 Å². The third-order valence-corrected chi connectivity index (χ3v) is 3.72. The molecule has 2 aromatic carbocycles. The number of hydrogen-bond acceptors (Lipinski definition) is 2. The zero-order valence-electron chi connectivity index (χ0n) is 13.1. The molecule has 0 saturated heterocycles. The number of nitriles is 1. The molecule has 0 spiro atoms. The fourth-order valence-corrected chi connectivity index (χ4v) is 2.48. The van der Waals surface area contributed by atoms with Crippen LogP contribution in [-0.2, 0) is 17.6 Å². The molecule has 4 heteroatoms. The highest BCUT2D eigenvalue weighted by molar-refractivity contribution is 5.92. The fraction of sp³-hybridized carbons (Fsp3) is 0.100. The maximum atomic E-state index is 12.1. The Balaban J connectivity index is 1.59. The van der Waals surface area contributed by atoms with Crippen molar-refractivity contribution in [2.45, 2.75) is 12.8 Å². The van der Waals surface area contributed by atoms with E-state index in [2.05, 4.69) is 11.4 Å². The summed E-state index contributed by atoms with van der Waals surface area (Å²) in [6.07, 6.45) is 4.67. The van der Waals surface area contributed by atoms with Crippen molar-refractivity contribution < 1.29 is 4.79 Å². The predicted molar refractivity (Wildman–Crippen MR) is 93.9 cm³/mol. The summed E-state index contributed by atoms with van der Waals surface area (Å²) in [5.74, 6) is -0.0586. The van der Waals surface area contributed by atoms with Crippen molar-refractivity contribution in [1.82, 2.24) is 4.57 Å². The Morgan fingerprint density at radius 3 is 2.21 bits per heavy atom. The van der Waals surface area contributed by atoms with Crippen LogP contribution in [0.3, 0.4) is 0 Å². The molecule has 1 N–H and O–H groups in total. The number of amides is 1. The molecule has 1 amide bonds. The smallest absolute Gasteiger partial charge is 0.228 e. The van der Waals surface area contributed by atoms with Gasteiger partial charge in [0.15, 0.2) is 0 Å². The van der Waals surface area contributed by atoms with Gasteiger partial charge in [-0.3, -0.25) is 4.79 Å². The van der Waals surface area contributed by atoms with Crippen LogP contribution in [-0.4, -0.2) is 10.5 Å². The fourth-order valence-electron chi connectivity index (χ4n) is 2.48. The van der Waals surface area contributed by atoms with E-state index in [1.165, 1.54) is 0 Å². The van der Waals surface area contributed by atoms with Crippen molar-refractivity contribution in [3.05, 3.63) is 84.2 Å². The summed E-state index contributed by atoms with van der Waals surface area (Å²) in [6, 6.07) is 21.3. The van der Waals surface area contributed by atoms with Crippen molar-refractivity contribution in [3.8, 4) is 11.8 Å². The standard InChI is InChI=1S/C20H17N3O/c21-12-11-16-3-7-18(8-4-16)22-20(24)15-17-5-9-19(10-6-17)23-13-1-2-14-23/h1-10,13-14H,11,15H2,(H,22,24). The molecule has 3 aromatic rings. The molecule has 0 aliphatic rings. The Morgan fingerprint density at radius 2 is 1.58 bits per heavy atom. The van der Waals surface area contributed by atoms with Gasteiger partial charge in [-0.15, -0.1) is 0 Å². The second kappa shape index (κ2) is 7.30. The molecule has 0 aliphatic heterocycles. The highest BCUT2D eigenvalue weighted by Gasteiger charge is 2.05. The highest BCUT2D eigenvalue weighted by Crippen LogP contribution is 2.13. The zero-order valence-corrected chi connectivity index (χ0v) is 13.1. The largest absolute Gasteiger partial charge is 0.326 e. The molecule has 0 aliphatic carbocycles. The lowest BCUT2D eigenvalue weighted by Gasteiger charge is -2.07. The SMILES string of the molecule is N#CCc1ccc(NC(=O)Cc2ccc(-n3cccc3)cc2)cc1. The summed E-state index contributed by atoms with van der Waals surface area (Å²) < 4.78 is 2.02. The van der Waals surface area contributed by atoms with Gasteiger partial charge in [-0.1, -0.05) is 24.3 Å². The van der Waals surface area contributed by atoms with Crippen molar-refractivity contribution in [2.24, 2.45) is 0 Å². The van der Waals surface area contributed by atoms with Crippen molar-refractivity contribution >= 4 is 11.6 Å². The van der Waals surface area contributed by atoms with Crippen molar-refractivity contribution in [2.75, 3.05) is 5.32 Å². The monoisotopic (exact) mass is 315 g/mol. The Morgan fingerprint density at radius 1 is 0.958 bits per heavy atom. The molecule has 0 radical (unpaired) electrons. The lowest BCUT2D eigenvalue weighted by Crippen LogP contribution is -2.14. The number of nitrogens with one attached hydrogen (secondary N) is 1. The van der Waals surface area contributed by atoms with E-state index in [0.29, 0.717) is 12.8 Å². The molecule has 4 nitrogen and oxygen atoms in total. The van der Waals surface area contributed by atoms with Gasteiger partial charge in [0.25, 0.3) is 0 Å². The molecule has 1 aromatic heterocycles. The van der Waals surface area contributed by atoms with Crippen molar-refractivity contribution in [3.63, 3.8) is 0 Å². The van der Waals surface area contributed by atoms with Gasteiger partial charge in [0.1, 0.15) is 0 Å². The number of rotatable bonds is 5. The quantitative estimate of drug-likeness (QED) is 0.780. The summed E-state index contributed by atoms with van der Waals surface area (Å²) in [4.78, 5) is 12.1. The van der Waals surface area contributed by atoms with E-state index in [1.807, 2.05) is 77.6 Å². The summed E-state index contributed by atoms with van der Waals surface area (Å²) in [5.41, 5.74) is 3.71. The molecular weight excluding hydrogens is 298 g/mol. The Bertz CT molecular complexity index is 841. The van der Waals surface area contributed by atoms with Gasteiger partial charge in [0.2, 0.25) is 5.91 Å². The molecular formula is C20H17N3O. The average Bonchev–Trinajstić information content (AvgIpc) is 3.12. The van der Waals surface area contributed by atoms with Crippen LogP contribution < -0.4 is 5.32 Å². The molecule has 3 rings (SSSR count). The van der Waals surface area contributed by atoms with E-state index in [-0.39, 0.29) is 5.91 Å². The van der Waals surface area contributed by atoms with Crippen LogP contribution in [0.4, 0.5) is 5.69 Å². The molecule has 0 bridgehead atoms. The van der Waals surface area contributed by atoms with Crippen LogP contribution in [0.25, 0.3) is 5.69 Å². The number of carbonyl (C=O) groups excluding carboxylic acids is 1. The first-order valence-corrected chi connectivity index (χ1v) is 7.72. The van der Waals surface area contributed by atoms with Crippen LogP contribution in [0.5, 0.6) is 0 Å². The second-order valence-corrected chi connectivity index (χ2v) is 5.51. The molecule has 0 fully saturated rings. The second-order valence-electron chi connectivity index (χ2n) is 5.51. The summed E-state index contributed by atoms with van der Waals surface area (Å²) in [7, 11) is 0. The van der Waals surface area contributed by atoms with Crippen LogP contribution >= 0.6 is 0 Å². The van der Waals surface area contributed by atoms with Crippen LogP contribution in [0.15, 0.2) is 73.1 Å². The van der Waals surface area contributed by atoms with E-state index in [1.54, 1.807) is 0 Å². The molecule has 24 heavy (non-hydrogen) atoms. The molecule has 118 valence electrons. The number of carbonyl (C=O) groups is 1. The van der Waals surface area contributed by atoms with Gasteiger partial charge in [0, 0.05) is 23.8 Å². The highest BCUT2D eigenvalue weighted by atomic mass is 16.1.